The maximum atomic E-state index is 12.6. The Labute approximate surface area is 112 Å². The molecule has 19 heavy (non-hydrogen) atoms. The first-order valence-electron chi connectivity index (χ1n) is 5.55. The van der Waals surface area contributed by atoms with Crippen LogP contribution in [0, 0.1) is 6.92 Å². The molecule has 1 unspecified atom stereocenters. The highest BCUT2D eigenvalue weighted by Gasteiger charge is 2.31. The predicted molar refractivity (Wildman–Crippen MR) is 67.0 cm³/mol. The second-order valence-electron chi connectivity index (χ2n) is 4.11. The molecule has 1 atom stereocenters. The highest BCUT2D eigenvalue weighted by Crippen LogP contribution is 2.33. The van der Waals surface area contributed by atoms with E-state index in [9.17, 15) is 13.2 Å². The highest BCUT2D eigenvalue weighted by molar-refractivity contribution is 7.05. The van der Waals surface area contributed by atoms with Crippen molar-refractivity contribution in [3.8, 4) is 0 Å². The summed E-state index contributed by atoms with van der Waals surface area (Å²) in [4.78, 5) is 0.866. The molecule has 0 saturated carbocycles. The molecule has 1 N–H and O–H groups in total. The maximum Gasteiger partial charge on any atom is 0.416 e. The van der Waals surface area contributed by atoms with Gasteiger partial charge in [0, 0.05) is 0 Å². The number of hydrogen-bond donors (Lipinski definition) is 1. The fourth-order valence-corrected chi connectivity index (χ4v) is 2.56. The van der Waals surface area contributed by atoms with Crippen molar-refractivity contribution < 1.29 is 13.2 Å². The molecule has 7 heteroatoms. The molecule has 0 spiro atoms. The second-order valence-corrected chi connectivity index (χ2v) is 4.93. The molecule has 3 nitrogen and oxygen atoms in total. The average Bonchev–Trinajstić information content (AvgIpc) is 2.84. The number of nitrogens with one attached hydrogen (secondary N) is 1. The second kappa shape index (κ2) is 5.26. The van der Waals surface area contributed by atoms with Gasteiger partial charge >= 0.3 is 6.18 Å². The van der Waals surface area contributed by atoms with Gasteiger partial charge in [-0.2, -0.15) is 13.2 Å². The Kier molecular flexibility index (Phi) is 3.86. The molecule has 0 bridgehead atoms. The molecule has 0 saturated heterocycles. The number of benzene rings is 1. The summed E-state index contributed by atoms with van der Waals surface area (Å²) in [6.45, 7) is 1.67. The van der Waals surface area contributed by atoms with E-state index in [1.54, 1.807) is 20.2 Å². The molecule has 1 aromatic carbocycles. The molecule has 2 aromatic rings. The van der Waals surface area contributed by atoms with Crippen LogP contribution in [0.3, 0.4) is 0 Å². The summed E-state index contributed by atoms with van der Waals surface area (Å²) >= 11 is 1.22. The van der Waals surface area contributed by atoms with Gasteiger partial charge in [0.05, 0.1) is 22.7 Å². The van der Waals surface area contributed by atoms with E-state index >= 15 is 0 Å². The molecular formula is C12H12F3N3S. The quantitative estimate of drug-likeness (QED) is 0.942. The molecular weight excluding hydrogens is 275 g/mol. The number of aryl methyl sites for hydroxylation is 1. The lowest BCUT2D eigenvalue weighted by molar-refractivity contribution is -0.137. The largest absolute Gasteiger partial charge is 0.416 e. The third kappa shape index (κ3) is 2.93. The summed E-state index contributed by atoms with van der Waals surface area (Å²) < 4.78 is 41.6. The van der Waals surface area contributed by atoms with Gasteiger partial charge in [-0.3, -0.25) is 0 Å². The van der Waals surface area contributed by atoms with E-state index in [2.05, 4.69) is 14.9 Å². The van der Waals surface area contributed by atoms with Crippen molar-refractivity contribution >= 4 is 11.5 Å². The molecule has 102 valence electrons. The monoisotopic (exact) mass is 287 g/mol. The molecule has 2 rings (SSSR count). The summed E-state index contributed by atoms with van der Waals surface area (Å²) in [5.41, 5.74) is 0.746. The zero-order chi connectivity index (χ0) is 14.0. The van der Waals surface area contributed by atoms with Gasteiger partial charge in [-0.25, -0.2) is 0 Å². The van der Waals surface area contributed by atoms with Crippen molar-refractivity contribution in [2.24, 2.45) is 0 Å². The van der Waals surface area contributed by atoms with Gasteiger partial charge < -0.3 is 5.32 Å². The Balaban J connectivity index is 2.40. The first-order valence-corrected chi connectivity index (χ1v) is 6.33. The van der Waals surface area contributed by atoms with Crippen LogP contribution in [0.2, 0.25) is 0 Å². The van der Waals surface area contributed by atoms with Crippen LogP contribution in [-0.2, 0) is 6.18 Å². The van der Waals surface area contributed by atoms with Crippen LogP contribution in [-0.4, -0.2) is 16.6 Å². The van der Waals surface area contributed by atoms with Crippen LogP contribution in [0.1, 0.15) is 27.6 Å². The summed E-state index contributed by atoms with van der Waals surface area (Å²) in [5.74, 6) is 0. The summed E-state index contributed by atoms with van der Waals surface area (Å²) in [7, 11) is 1.75. The first kappa shape index (κ1) is 14.0. The van der Waals surface area contributed by atoms with Crippen molar-refractivity contribution in [1.29, 1.82) is 0 Å². The van der Waals surface area contributed by atoms with E-state index in [1.807, 2.05) is 0 Å². The van der Waals surface area contributed by atoms with Crippen LogP contribution in [0.4, 0.5) is 13.2 Å². The number of alkyl halides is 3. The van der Waals surface area contributed by atoms with E-state index < -0.39 is 11.7 Å². The topological polar surface area (TPSA) is 37.8 Å². The van der Waals surface area contributed by atoms with Crippen LogP contribution in [0.5, 0.6) is 0 Å². The summed E-state index contributed by atoms with van der Waals surface area (Å²) in [6, 6.07) is 3.57. The zero-order valence-corrected chi connectivity index (χ0v) is 11.1. The van der Waals surface area contributed by atoms with E-state index in [4.69, 9.17) is 0 Å². The third-order valence-corrected chi connectivity index (χ3v) is 3.59. The zero-order valence-electron chi connectivity index (χ0n) is 10.3. The van der Waals surface area contributed by atoms with Gasteiger partial charge in [0.1, 0.15) is 0 Å². The van der Waals surface area contributed by atoms with Crippen molar-refractivity contribution in [3.05, 3.63) is 46.0 Å². The SMILES string of the molecule is CNC(c1cnns1)c1ccc(C(F)(F)F)cc1C. The van der Waals surface area contributed by atoms with Crippen LogP contribution < -0.4 is 5.32 Å². The summed E-state index contributed by atoms with van der Waals surface area (Å²) in [5, 5.41) is 6.82. The Morgan fingerprint density at radius 3 is 2.53 bits per heavy atom. The van der Waals surface area contributed by atoms with Gasteiger partial charge in [0.2, 0.25) is 0 Å². The molecule has 1 aromatic heterocycles. The summed E-state index contributed by atoms with van der Waals surface area (Å²) in [6.07, 6.45) is -2.70. The minimum atomic E-state index is -4.32. The van der Waals surface area contributed by atoms with Crippen LogP contribution >= 0.6 is 11.5 Å². The van der Waals surface area contributed by atoms with Gasteiger partial charge in [-0.15, -0.1) is 5.10 Å². The number of hydrogen-bond acceptors (Lipinski definition) is 4. The Bertz CT molecular complexity index is 552. The molecule has 0 radical (unpaired) electrons. The predicted octanol–water partition coefficient (Wildman–Crippen LogP) is 3.17. The lowest BCUT2D eigenvalue weighted by Gasteiger charge is -2.18. The van der Waals surface area contributed by atoms with Crippen molar-refractivity contribution in [3.63, 3.8) is 0 Å². The van der Waals surface area contributed by atoms with Crippen molar-refractivity contribution in [1.82, 2.24) is 14.9 Å². The normalized spacial score (nSPS) is 13.5. The molecule has 0 amide bonds. The Hall–Kier alpha value is -1.47. The smallest absolute Gasteiger partial charge is 0.309 e. The molecule has 1 heterocycles. The highest BCUT2D eigenvalue weighted by atomic mass is 32.1. The van der Waals surface area contributed by atoms with Crippen molar-refractivity contribution in [2.45, 2.75) is 19.1 Å². The molecule has 0 aliphatic heterocycles. The average molecular weight is 287 g/mol. The maximum absolute atomic E-state index is 12.6. The van der Waals surface area contributed by atoms with Crippen LogP contribution in [0.25, 0.3) is 0 Å². The van der Waals surface area contributed by atoms with Gasteiger partial charge in [-0.05, 0) is 48.8 Å². The lowest BCUT2D eigenvalue weighted by Crippen LogP contribution is -2.18. The molecule has 0 aliphatic rings. The lowest BCUT2D eigenvalue weighted by atomic mass is 9.98. The Morgan fingerprint density at radius 2 is 2.05 bits per heavy atom. The van der Waals surface area contributed by atoms with E-state index in [0.29, 0.717) is 5.56 Å². The van der Waals surface area contributed by atoms with Gasteiger partial charge in [0.15, 0.2) is 0 Å². The minimum absolute atomic E-state index is 0.192. The number of aromatic nitrogens is 2. The van der Waals surface area contributed by atoms with E-state index in [-0.39, 0.29) is 6.04 Å². The fraction of sp³-hybridized carbons (Fsp3) is 0.333. The number of rotatable bonds is 3. The minimum Gasteiger partial charge on any atom is -0.309 e. The first-order chi connectivity index (χ1) is 8.93. The standard InChI is InChI=1S/C12H12F3N3S/c1-7-5-8(12(13,14)15)3-4-9(7)11(16-2)10-6-17-18-19-10/h3-6,11,16H,1-2H3. The van der Waals surface area contributed by atoms with Gasteiger partial charge in [-0.1, -0.05) is 10.6 Å². The fourth-order valence-electron chi connectivity index (χ4n) is 1.93. The Morgan fingerprint density at radius 1 is 1.32 bits per heavy atom. The molecule has 0 aliphatic carbocycles. The number of nitrogens with zero attached hydrogens (tertiary/aromatic N) is 2. The third-order valence-electron chi connectivity index (χ3n) is 2.86. The molecule has 0 fully saturated rings. The van der Waals surface area contributed by atoms with E-state index in [0.717, 1.165) is 22.6 Å². The van der Waals surface area contributed by atoms with Crippen molar-refractivity contribution in [2.75, 3.05) is 7.05 Å². The van der Waals surface area contributed by atoms with Crippen LogP contribution in [0.15, 0.2) is 24.4 Å². The van der Waals surface area contributed by atoms with E-state index in [1.165, 1.54) is 17.6 Å². The number of halogens is 3. The van der Waals surface area contributed by atoms with Gasteiger partial charge in [0.25, 0.3) is 0 Å².